The summed E-state index contributed by atoms with van der Waals surface area (Å²) in [5.74, 6) is -1.24. The van der Waals surface area contributed by atoms with Gasteiger partial charge in [-0.3, -0.25) is 9.59 Å². The van der Waals surface area contributed by atoms with Crippen LogP contribution in [0.15, 0.2) is 72.8 Å². The molecule has 1 atom stereocenters. The quantitative estimate of drug-likeness (QED) is 0.752. The number of carboxylic acid groups (broad SMARTS) is 1. The van der Waals surface area contributed by atoms with Gasteiger partial charge in [-0.2, -0.15) is 0 Å². The van der Waals surface area contributed by atoms with Gasteiger partial charge in [-0.05, 0) is 28.5 Å². The first-order chi connectivity index (χ1) is 11.6. The minimum atomic E-state index is -0.956. The zero-order valence-corrected chi connectivity index (χ0v) is 13.0. The molecule has 0 aliphatic carbocycles. The molecule has 0 aliphatic rings. The average molecular weight is 319 g/mol. The molecule has 0 saturated heterocycles. The molecule has 24 heavy (non-hydrogen) atoms. The normalized spacial score (nSPS) is 11.8. The number of carbonyl (C=O) groups excluding carboxylic acids is 1. The van der Waals surface area contributed by atoms with Gasteiger partial charge in [-0.15, -0.1) is 0 Å². The predicted molar refractivity (Wildman–Crippen MR) is 92.9 cm³/mol. The van der Waals surface area contributed by atoms with E-state index in [4.69, 9.17) is 5.11 Å². The summed E-state index contributed by atoms with van der Waals surface area (Å²) in [5, 5.41) is 14.0. The van der Waals surface area contributed by atoms with E-state index in [9.17, 15) is 9.59 Å². The molecular weight excluding hydrogens is 302 g/mol. The number of hydrogen-bond donors (Lipinski definition) is 2. The monoisotopic (exact) mass is 319 g/mol. The van der Waals surface area contributed by atoms with E-state index in [1.165, 1.54) is 0 Å². The van der Waals surface area contributed by atoms with Crippen molar-refractivity contribution < 1.29 is 14.7 Å². The maximum absolute atomic E-state index is 12.5. The minimum Gasteiger partial charge on any atom is -0.481 e. The number of carboxylic acids is 1. The first-order valence-corrected chi connectivity index (χ1v) is 7.70. The molecule has 1 unspecified atom stereocenters. The Morgan fingerprint density at radius 3 is 2.25 bits per heavy atom. The number of nitrogens with one attached hydrogen (secondary N) is 1. The van der Waals surface area contributed by atoms with Crippen LogP contribution in [0.25, 0.3) is 10.8 Å². The number of aliphatic carboxylic acids is 1. The smallest absolute Gasteiger partial charge is 0.305 e. The Balaban J connectivity index is 1.85. The SMILES string of the molecule is O=C(O)CC(NC(=O)c1ccc2ccccc2c1)c1ccccc1. The number of rotatable bonds is 5. The highest BCUT2D eigenvalue weighted by Crippen LogP contribution is 2.19. The fourth-order valence-corrected chi connectivity index (χ4v) is 2.68. The third-order valence-corrected chi connectivity index (χ3v) is 3.90. The maximum Gasteiger partial charge on any atom is 0.305 e. The van der Waals surface area contributed by atoms with Gasteiger partial charge in [0.2, 0.25) is 0 Å². The average Bonchev–Trinajstić information content (AvgIpc) is 2.61. The van der Waals surface area contributed by atoms with Crippen molar-refractivity contribution in [2.75, 3.05) is 0 Å². The third-order valence-electron chi connectivity index (χ3n) is 3.90. The molecule has 0 heterocycles. The van der Waals surface area contributed by atoms with E-state index in [0.717, 1.165) is 16.3 Å². The maximum atomic E-state index is 12.5. The van der Waals surface area contributed by atoms with Crippen LogP contribution in [0.1, 0.15) is 28.4 Å². The molecule has 0 aliphatic heterocycles. The lowest BCUT2D eigenvalue weighted by atomic mass is 10.0. The first kappa shape index (κ1) is 15.7. The number of benzene rings is 3. The Hall–Kier alpha value is -3.14. The molecule has 0 aromatic heterocycles. The van der Waals surface area contributed by atoms with Crippen LogP contribution >= 0.6 is 0 Å². The van der Waals surface area contributed by atoms with E-state index < -0.39 is 12.0 Å². The third kappa shape index (κ3) is 3.60. The van der Waals surface area contributed by atoms with E-state index in [1.807, 2.05) is 66.7 Å². The lowest BCUT2D eigenvalue weighted by Crippen LogP contribution is -2.30. The van der Waals surface area contributed by atoms with E-state index in [0.29, 0.717) is 5.56 Å². The summed E-state index contributed by atoms with van der Waals surface area (Å²) in [6, 6.07) is 21.8. The van der Waals surface area contributed by atoms with Crippen LogP contribution in [0.4, 0.5) is 0 Å². The first-order valence-electron chi connectivity index (χ1n) is 7.70. The highest BCUT2D eigenvalue weighted by Gasteiger charge is 2.18. The molecule has 3 rings (SSSR count). The van der Waals surface area contributed by atoms with Gasteiger partial charge >= 0.3 is 5.97 Å². The molecule has 3 aromatic rings. The Kier molecular flexibility index (Phi) is 4.57. The molecule has 4 heteroatoms. The fraction of sp³-hybridized carbons (Fsp3) is 0.100. The van der Waals surface area contributed by atoms with Crippen LogP contribution in [0.3, 0.4) is 0 Å². The Morgan fingerprint density at radius 2 is 1.54 bits per heavy atom. The Bertz CT molecular complexity index is 874. The van der Waals surface area contributed by atoms with Gasteiger partial charge in [0.1, 0.15) is 0 Å². The lowest BCUT2D eigenvalue weighted by Gasteiger charge is -2.17. The van der Waals surface area contributed by atoms with Gasteiger partial charge in [0.25, 0.3) is 5.91 Å². The largest absolute Gasteiger partial charge is 0.481 e. The van der Waals surface area contributed by atoms with Gasteiger partial charge < -0.3 is 10.4 Å². The predicted octanol–water partition coefficient (Wildman–Crippen LogP) is 3.79. The molecule has 2 N–H and O–H groups in total. The van der Waals surface area contributed by atoms with E-state index in [2.05, 4.69) is 5.32 Å². The summed E-state index contributed by atoms with van der Waals surface area (Å²) in [7, 11) is 0. The van der Waals surface area contributed by atoms with Crippen LogP contribution in [-0.2, 0) is 4.79 Å². The molecule has 4 nitrogen and oxygen atoms in total. The van der Waals surface area contributed by atoms with Crippen LogP contribution in [-0.4, -0.2) is 17.0 Å². The Morgan fingerprint density at radius 1 is 0.875 bits per heavy atom. The highest BCUT2D eigenvalue weighted by atomic mass is 16.4. The lowest BCUT2D eigenvalue weighted by molar-refractivity contribution is -0.137. The summed E-state index contributed by atoms with van der Waals surface area (Å²) in [5.41, 5.74) is 1.29. The van der Waals surface area contributed by atoms with Crippen molar-refractivity contribution in [1.29, 1.82) is 0 Å². The van der Waals surface area contributed by atoms with Crippen LogP contribution < -0.4 is 5.32 Å². The van der Waals surface area contributed by atoms with Crippen molar-refractivity contribution in [3.63, 3.8) is 0 Å². The number of amides is 1. The van der Waals surface area contributed by atoms with Crippen LogP contribution in [0, 0.1) is 0 Å². The molecule has 0 fully saturated rings. The van der Waals surface area contributed by atoms with Crippen molar-refractivity contribution in [2.24, 2.45) is 0 Å². The minimum absolute atomic E-state index is 0.163. The summed E-state index contributed by atoms with van der Waals surface area (Å²) < 4.78 is 0. The van der Waals surface area contributed by atoms with Gasteiger partial charge in [-0.1, -0.05) is 60.7 Å². The van der Waals surface area contributed by atoms with Gasteiger partial charge in [0, 0.05) is 5.56 Å². The second kappa shape index (κ2) is 6.96. The number of carbonyl (C=O) groups is 2. The molecular formula is C20H17NO3. The second-order valence-electron chi connectivity index (χ2n) is 5.60. The molecule has 1 amide bonds. The second-order valence-corrected chi connectivity index (χ2v) is 5.60. The highest BCUT2D eigenvalue weighted by molar-refractivity contribution is 5.98. The van der Waals surface area contributed by atoms with Crippen molar-refractivity contribution in [3.05, 3.63) is 83.9 Å². The molecule has 0 spiro atoms. The summed E-state index contributed by atoms with van der Waals surface area (Å²) in [6.45, 7) is 0. The van der Waals surface area contributed by atoms with Crippen molar-refractivity contribution in [3.8, 4) is 0 Å². The van der Waals surface area contributed by atoms with Crippen LogP contribution in [0.5, 0.6) is 0 Å². The van der Waals surface area contributed by atoms with Crippen LogP contribution in [0.2, 0.25) is 0 Å². The summed E-state index contributed by atoms with van der Waals surface area (Å²) >= 11 is 0. The molecule has 3 aromatic carbocycles. The topological polar surface area (TPSA) is 66.4 Å². The number of fused-ring (bicyclic) bond motifs is 1. The summed E-state index contributed by atoms with van der Waals surface area (Å²) in [4.78, 5) is 23.7. The Labute approximate surface area is 139 Å². The molecule has 120 valence electrons. The summed E-state index contributed by atoms with van der Waals surface area (Å²) in [6.07, 6.45) is -0.163. The molecule has 0 saturated carbocycles. The van der Waals surface area contributed by atoms with E-state index in [-0.39, 0.29) is 12.3 Å². The molecule has 0 bridgehead atoms. The zero-order chi connectivity index (χ0) is 16.9. The van der Waals surface area contributed by atoms with Gasteiger partial charge in [-0.25, -0.2) is 0 Å². The van der Waals surface area contributed by atoms with Crippen molar-refractivity contribution in [1.82, 2.24) is 5.32 Å². The zero-order valence-electron chi connectivity index (χ0n) is 13.0. The fourth-order valence-electron chi connectivity index (χ4n) is 2.68. The molecule has 0 radical (unpaired) electrons. The van der Waals surface area contributed by atoms with E-state index in [1.54, 1.807) is 6.07 Å². The number of hydrogen-bond acceptors (Lipinski definition) is 2. The van der Waals surface area contributed by atoms with Gasteiger partial charge in [0.15, 0.2) is 0 Å². The van der Waals surface area contributed by atoms with Crippen molar-refractivity contribution in [2.45, 2.75) is 12.5 Å². The standard InChI is InChI=1S/C20H17NO3/c22-19(23)13-18(15-7-2-1-3-8-15)21-20(24)17-11-10-14-6-4-5-9-16(14)12-17/h1-12,18H,13H2,(H,21,24)(H,22,23). The van der Waals surface area contributed by atoms with E-state index >= 15 is 0 Å². The van der Waals surface area contributed by atoms with Gasteiger partial charge in [0.05, 0.1) is 12.5 Å². The van der Waals surface area contributed by atoms with Crippen molar-refractivity contribution >= 4 is 22.6 Å².